The van der Waals surface area contributed by atoms with Gasteiger partial charge in [0.05, 0.1) is 0 Å². The summed E-state index contributed by atoms with van der Waals surface area (Å²) in [6.45, 7) is 11.7. The summed E-state index contributed by atoms with van der Waals surface area (Å²) in [6, 6.07) is 8.75. The maximum absolute atomic E-state index is 12.6. The van der Waals surface area contributed by atoms with Gasteiger partial charge in [-0.15, -0.1) is 0 Å². The van der Waals surface area contributed by atoms with E-state index >= 15 is 0 Å². The van der Waals surface area contributed by atoms with E-state index in [-0.39, 0.29) is 17.9 Å². The molecule has 1 saturated heterocycles. The highest BCUT2D eigenvalue weighted by Crippen LogP contribution is 2.22. The van der Waals surface area contributed by atoms with Crippen LogP contribution in [0.3, 0.4) is 0 Å². The molecule has 134 valence electrons. The Morgan fingerprint density at radius 1 is 1.21 bits per heavy atom. The fourth-order valence-electron chi connectivity index (χ4n) is 3.63. The van der Waals surface area contributed by atoms with Crippen LogP contribution in [-0.2, 0) is 11.3 Å². The highest BCUT2D eigenvalue weighted by atomic mass is 79.9. The van der Waals surface area contributed by atoms with Crippen molar-refractivity contribution in [3.63, 3.8) is 0 Å². The second-order valence-electron chi connectivity index (χ2n) is 7.70. The van der Waals surface area contributed by atoms with Gasteiger partial charge in [-0.05, 0) is 55.5 Å². The Labute approximate surface area is 155 Å². The number of amides is 1. The topological polar surface area (TPSA) is 32.3 Å². The van der Waals surface area contributed by atoms with Gasteiger partial charge in [-0.3, -0.25) is 9.69 Å². The normalized spacial score (nSPS) is 17.0. The van der Waals surface area contributed by atoms with Crippen molar-refractivity contribution in [2.24, 2.45) is 17.8 Å². The lowest BCUT2D eigenvalue weighted by Crippen LogP contribution is -2.47. The molecule has 0 aromatic heterocycles. The summed E-state index contributed by atoms with van der Waals surface area (Å²) in [6.07, 6.45) is 1.92. The molecule has 0 radical (unpaired) electrons. The first-order chi connectivity index (χ1) is 11.4. The third-order valence-electron chi connectivity index (χ3n) is 5.00. The third-order valence-corrected chi connectivity index (χ3v) is 5.49. The minimum Gasteiger partial charge on any atom is -0.353 e. The van der Waals surface area contributed by atoms with E-state index in [1.54, 1.807) is 0 Å². The van der Waals surface area contributed by atoms with Gasteiger partial charge in [-0.2, -0.15) is 0 Å². The third kappa shape index (κ3) is 5.59. The smallest absolute Gasteiger partial charge is 0.223 e. The lowest BCUT2D eigenvalue weighted by atomic mass is 9.90. The van der Waals surface area contributed by atoms with Gasteiger partial charge >= 0.3 is 0 Å². The molecule has 1 aromatic carbocycles. The summed E-state index contributed by atoms with van der Waals surface area (Å²) < 4.78 is 1.13. The number of nitrogens with one attached hydrogen (secondary N) is 1. The average Bonchev–Trinajstić information content (AvgIpc) is 2.52. The van der Waals surface area contributed by atoms with E-state index in [9.17, 15) is 4.79 Å². The van der Waals surface area contributed by atoms with Crippen molar-refractivity contribution in [1.82, 2.24) is 10.2 Å². The molecule has 1 aliphatic heterocycles. The quantitative estimate of drug-likeness (QED) is 0.772. The Kier molecular flexibility index (Phi) is 7.30. The Balaban J connectivity index is 1.82. The molecule has 1 amide bonds. The summed E-state index contributed by atoms with van der Waals surface area (Å²) >= 11 is 3.53. The number of carbonyl (C=O) groups is 1. The number of nitrogens with zero attached hydrogens (tertiary/aromatic N) is 1. The Morgan fingerprint density at radius 2 is 1.83 bits per heavy atom. The molecule has 0 atom stereocenters. The van der Waals surface area contributed by atoms with Crippen molar-refractivity contribution in [2.75, 3.05) is 13.1 Å². The number of halogens is 1. The van der Waals surface area contributed by atoms with Crippen molar-refractivity contribution in [1.29, 1.82) is 0 Å². The van der Waals surface area contributed by atoms with Crippen LogP contribution in [0.15, 0.2) is 28.7 Å². The average molecular weight is 395 g/mol. The summed E-state index contributed by atoms with van der Waals surface area (Å²) in [7, 11) is 0. The molecule has 1 aromatic rings. The molecule has 2 rings (SSSR count). The van der Waals surface area contributed by atoms with E-state index in [2.05, 4.69) is 78.1 Å². The van der Waals surface area contributed by atoms with Crippen LogP contribution in [0.25, 0.3) is 0 Å². The Morgan fingerprint density at radius 3 is 2.38 bits per heavy atom. The predicted octanol–water partition coefficient (Wildman–Crippen LogP) is 4.46. The molecular weight excluding hydrogens is 364 g/mol. The van der Waals surface area contributed by atoms with Crippen LogP contribution in [0.2, 0.25) is 0 Å². The van der Waals surface area contributed by atoms with Gasteiger partial charge in [0.2, 0.25) is 5.91 Å². The van der Waals surface area contributed by atoms with E-state index in [1.165, 1.54) is 5.56 Å². The summed E-state index contributed by atoms with van der Waals surface area (Å²) in [4.78, 5) is 15.0. The number of benzene rings is 1. The van der Waals surface area contributed by atoms with Crippen molar-refractivity contribution in [3.05, 3.63) is 34.3 Å². The zero-order valence-electron chi connectivity index (χ0n) is 15.4. The van der Waals surface area contributed by atoms with Crippen LogP contribution in [0, 0.1) is 17.8 Å². The first-order valence-electron chi connectivity index (χ1n) is 9.14. The molecule has 0 spiro atoms. The molecule has 0 saturated carbocycles. The van der Waals surface area contributed by atoms with Gasteiger partial charge in [0.1, 0.15) is 0 Å². The van der Waals surface area contributed by atoms with Crippen LogP contribution >= 0.6 is 15.9 Å². The number of hydrogen-bond acceptors (Lipinski definition) is 2. The minimum absolute atomic E-state index is 0.170. The molecule has 4 heteroatoms. The fraction of sp³-hybridized carbons (Fsp3) is 0.650. The maximum atomic E-state index is 12.6. The van der Waals surface area contributed by atoms with E-state index in [4.69, 9.17) is 0 Å². The minimum atomic E-state index is 0.170. The Hall–Kier alpha value is -0.870. The van der Waals surface area contributed by atoms with E-state index in [0.29, 0.717) is 11.8 Å². The van der Waals surface area contributed by atoms with Crippen molar-refractivity contribution in [2.45, 2.75) is 53.1 Å². The molecule has 1 N–H and O–H groups in total. The number of hydrogen-bond donors (Lipinski definition) is 1. The molecule has 1 aliphatic rings. The van der Waals surface area contributed by atoms with Gasteiger partial charge in [0, 0.05) is 23.0 Å². The molecule has 0 unspecified atom stereocenters. The molecule has 1 heterocycles. The van der Waals surface area contributed by atoms with Crippen LogP contribution in [0.4, 0.5) is 0 Å². The zero-order chi connectivity index (χ0) is 17.7. The Bertz CT molecular complexity index is 528. The largest absolute Gasteiger partial charge is 0.353 e. The molecule has 3 nitrogen and oxygen atoms in total. The van der Waals surface area contributed by atoms with E-state index in [0.717, 1.165) is 36.9 Å². The highest BCUT2D eigenvalue weighted by Gasteiger charge is 2.28. The number of carbonyl (C=O) groups excluding carboxylic acids is 1. The van der Waals surface area contributed by atoms with Gasteiger partial charge < -0.3 is 5.32 Å². The van der Waals surface area contributed by atoms with Crippen LogP contribution < -0.4 is 5.32 Å². The molecule has 0 bridgehead atoms. The zero-order valence-corrected chi connectivity index (χ0v) is 17.0. The van der Waals surface area contributed by atoms with Crippen LogP contribution in [-0.4, -0.2) is 29.9 Å². The van der Waals surface area contributed by atoms with Crippen LogP contribution in [0.1, 0.15) is 46.1 Å². The lowest BCUT2D eigenvalue weighted by molar-refractivity contribution is -0.127. The first kappa shape index (κ1) is 19.5. The number of likely N-dealkylation sites (tertiary alicyclic amines) is 1. The maximum Gasteiger partial charge on any atom is 0.223 e. The van der Waals surface area contributed by atoms with Crippen molar-refractivity contribution >= 4 is 21.8 Å². The summed E-state index contributed by atoms with van der Waals surface area (Å²) in [5.41, 5.74) is 1.33. The first-order valence-corrected chi connectivity index (χ1v) is 9.93. The van der Waals surface area contributed by atoms with Crippen molar-refractivity contribution in [3.8, 4) is 0 Å². The SMILES string of the molecule is CC(C)C(NC(=O)C1CCN(Cc2cccc(Br)c2)CC1)C(C)C. The van der Waals surface area contributed by atoms with Gasteiger partial charge in [-0.25, -0.2) is 0 Å². The number of piperidine rings is 1. The van der Waals surface area contributed by atoms with Gasteiger partial charge in [0.25, 0.3) is 0 Å². The van der Waals surface area contributed by atoms with Crippen LogP contribution in [0.5, 0.6) is 0 Å². The second kappa shape index (κ2) is 9.00. The monoisotopic (exact) mass is 394 g/mol. The van der Waals surface area contributed by atoms with E-state index < -0.39 is 0 Å². The highest BCUT2D eigenvalue weighted by molar-refractivity contribution is 9.10. The number of rotatable bonds is 6. The second-order valence-corrected chi connectivity index (χ2v) is 8.62. The summed E-state index contributed by atoms with van der Waals surface area (Å²) in [5, 5.41) is 3.29. The predicted molar refractivity (Wildman–Crippen MR) is 104 cm³/mol. The van der Waals surface area contributed by atoms with Gasteiger partial charge in [0.15, 0.2) is 0 Å². The standard InChI is InChI=1S/C20H31BrN2O/c1-14(2)19(15(3)4)22-20(24)17-8-10-23(11-9-17)13-16-6-5-7-18(21)12-16/h5-7,12,14-15,17,19H,8-11,13H2,1-4H3,(H,22,24). The molecule has 1 fully saturated rings. The lowest BCUT2D eigenvalue weighted by Gasteiger charge is -2.33. The molecule has 24 heavy (non-hydrogen) atoms. The summed E-state index contributed by atoms with van der Waals surface area (Å²) in [5.74, 6) is 1.38. The van der Waals surface area contributed by atoms with Crippen molar-refractivity contribution < 1.29 is 4.79 Å². The molecule has 0 aliphatic carbocycles. The fourth-order valence-corrected chi connectivity index (χ4v) is 4.08. The molecular formula is C20H31BrN2O. The van der Waals surface area contributed by atoms with E-state index in [1.807, 2.05) is 0 Å². The van der Waals surface area contributed by atoms with Gasteiger partial charge in [-0.1, -0.05) is 55.8 Å².